The van der Waals surface area contributed by atoms with E-state index >= 15 is 0 Å². The van der Waals surface area contributed by atoms with E-state index in [2.05, 4.69) is 15.6 Å². The number of aromatic nitrogens is 1. The lowest BCUT2D eigenvalue weighted by atomic mass is 10.2. The quantitative estimate of drug-likeness (QED) is 0.439. The highest BCUT2D eigenvalue weighted by Gasteiger charge is 2.25. The van der Waals surface area contributed by atoms with Gasteiger partial charge in [0.05, 0.1) is 15.4 Å². The molecular weight excluding hydrogens is 402 g/mol. The van der Waals surface area contributed by atoms with Gasteiger partial charge in [-0.05, 0) is 30.7 Å². The number of carbonyl (C=O) groups is 2. The van der Waals surface area contributed by atoms with Gasteiger partial charge in [0.25, 0.3) is 21.6 Å². The van der Waals surface area contributed by atoms with Crippen molar-refractivity contribution in [2.24, 2.45) is 0 Å². The fourth-order valence-corrected chi connectivity index (χ4v) is 3.77. The van der Waals surface area contributed by atoms with Crippen LogP contribution in [0.25, 0.3) is 0 Å². The van der Waals surface area contributed by atoms with Gasteiger partial charge in [0.2, 0.25) is 5.91 Å². The van der Waals surface area contributed by atoms with Gasteiger partial charge in [-0.1, -0.05) is 0 Å². The van der Waals surface area contributed by atoms with Crippen LogP contribution in [0.5, 0.6) is 0 Å². The third-order valence-electron chi connectivity index (χ3n) is 4.25. The molecule has 0 saturated carbocycles. The molecule has 12 heteroatoms. The predicted molar refractivity (Wildman–Crippen MR) is 102 cm³/mol. The van der Waals surface area contributed by atoms with Crippen LogP contribution in [0.3, 0.4) is 0 Å². The number of hydrogen-bond donors (Lipinski definition) is 3. The van der Waals surface area contributed by atoms with Crippen molar-refractivity contribution < 1.29 is 22.9 Å². The number of nitro benzene ring substituents is 1. The predicted octanol–water partition coefficient (Wildman–Crippen LogP) is 0.799. The molecule has 3 rings (SSSR count). The molecule has 0 aliphatic carbocycles. The average Bonchev–Trinajstić information content (AvgIpc) is 3.11. The molecule has 1 unspecified atom stereocenters. The smallest absolute Gasteiger partial charge is 0.293 e. The van der Waals surface area contributed by atoms with Crippen molar-refractivity contribution >= 4 is 33.2 Å². The molecule has 3 N–H and O–H groups in total. The fourth-order valence-electron chi connectivity index (χ4n) is 2.78. The zero-order chi connectivity index (χ0) is 21.0. The molecule has 0 spiro atoms. The van der Waals surface area contributed by atoms with Crippen LogP contribution < -0.4 is 15.4 Å². The van der Waals surface area contributed by atoms with Crippen LogP contribution in [0, 0.1) is 10.1 Å². The molecule has 1 aliphatic heterocycles. The van der Waals surface area contributed by atoms with Crippen LogP contribution >= 0.6 is 0 Å². The summed E-state index contributed by atoms with van der Waals surface area (Å²) in [6, 6.07) is 5.96. The molecule has 1 fully saturated rings. The van der Waals surface area contributed by atoms with E-state index in [0.29, 0.717) is 12.8 Å². The molecule has 2 heterocycles. The summed E-state index contributed by atoms with van der Waals surface area (Å²) in [6.45, 7) is 0.260. The van der Waals surface area contributed by atoms with Gasteiger partial charge in [0.15, 0.2) is 0 Å². The van der Waals surface area contributed by atoms with E-state index in [0.717, 1.165) is 12.1 Å². The van der Waals surface area contributed by atoms with E-state index in [1.54, 1.807) is 0 Å². The zero-order valence-corrected chi connectivity index (χ0v) is 15.8. The lowest BCUT2D eigenvalue weighted by Crippen LogP contribution is -2.32. The van der Waals surface area contributed by atoms with Crippen molar-refractivity contribution in [1.82, 2.24) is 15.0 Å². The van der Waals surface area contributed by atoms with Crippen molar-refractivity contribution in [3.8, 4) is 0 Å². The minimum atomic E-state index is -4.33. The van der Waals surface area contributed by atoms with E-state index in [9.17, 15) is 28.1 Å². The number of hydrogen-bond acceptors (Lipinski definition) is 8. The van der Waals surface area contributed by atoms with Gasteiger partial charge in [0, 0.05) is 37.5 Å². The monoisotopic (exact) mass is 419 g/mol. The summed E-state index contributed by atoms with van der Waals surface area (Å²) in [6.07, 6.45) is 3.62. The third kappa shape index (κ3) is 4.85. The van der Waals surface area contributed by atoms with Crippen molar-refractivity contribution in [2.45, 2.75) is 23.8 Å². The van der Waals surface area contributed by atoms with E-state index < -0.39 is 31.4 Å². The fraction of sp³-hybridized carbons (Fsp3) is 0.235. The summed E-state index contributed by atoms with van der Waals surface area (Å²) in [5.74, 6) is -0.989. The number of rotatable bonds is 7. The normalized spacial score (nSPS) is 16.1. The highest BCUT2D eigenvalue weighted by Crippen LogP contribution is 2.28. The Kier molecular flexibility index (Phi) is 5.73. The first-order valence-electron chi connectivity index (χ1n) is 8.55. The summed E-state index contributed by atoms with van der Waals surface area (Å²) in [4.78, 5) is 37.3. The second kappa shape index (κ2) is 8.22. The summed E-state index contributed by atoms with van der Waals surface area (Å²) in [5, 5.41) is 17.0. The molecule has 1 atom stereocenters. The maximum Gasteiger partial charge on any atom is 0.293 e. The number of pyridine rings is 1. The number of carbonyl (C=O) groups excluding carboxylic acids is 2. The second-order valence-electron chi connectivity index (χ2n) is 6.30. The number of nitrogens with zero attached hydrogens (tertiary/aromatic N) is 2. The second-order valence-corrected chi connectivity index (χ2v) is 7.98. The van der Waals surface area contributed by atoms with Crippen molar-refractivity contribution in [3.63, 3.8) is 0 Å². The van der Waals surface area contributed by atoms with Gasteiger partial charge in [-0.2, -0.15) is 0 Å². The molecule has 152 valence electrons. The lowest BCUT2D eigenvalue weighted by Gasteiger charge is -2.13. The van der Waals surface area contributed by atoms with Crippen molar-refractivity contribution in [1.29, 1.82) is 0 Å². The standard InChI is InChI=1S/C17H17N5O6S/c23-16-6-3-12(20-16)10-19-14-5-4-13(8-15(14)22(25)26)29(27,28)21-17(24)11-2-1-7-18-9-11/h1-2,4-5,7-9,12,19H,3,6,10H2,(H,20,23)(H,21,24). The van der Waals surface area contributed by atoms with E-state index in [1.165, 1.54) is 30.6 Å². The maximum atomic E-state index is 12.5. The van der Waals surface area contributed by atoms with Crippen LogP contribution in [-0.2, 0) is 14.8 Å². The number of nitro groups is 1. The Balaban J connectivity index is 1.78. The zero-order valence-electron chi connectivity index (χ0n) is 15.0. The summed E-state index contributed by atoms with van der Waals surface area (Å²) >= 11 is 0. The molecule has 0 radical (unpaired) electrons. The molecule has 2 aromatic rings. The molecular formula is C17H17N5O6S. The van der Waals surface area contributed by atoms with Crippen LogP contribution in [-0.4, -0.2) is 42.7 Å². The molecule has 2 amide bonds. The minimum Gasteiger partial charge on any atom is -0.377 e. The molecule has 29 heavy (non-hydrogen) atoms. The topological polar surface area (TPSA) is 160 Å². The number of nitrogens with one attached hydrogen (secondary N) is 3. The van der Waals surface area contributed by atoms with Gasteiger partial charge < -0.3 is 10.6 Å². The molecule has 0 bridgehead atoms. The Morgan fingerprint density at radius 3 is 2.76 bits per heavy atom. The molecule has 11 nitrogen and oxygen atoms in total. The number of benzene rings is 1. The first kappa shape index (κ1) is 20.2. The first-order valence-corrected chi connectivity index (χ1v) is 10.0. The SMILES string of the molecule is O=C1CCC(CNc2ccc(S(=O)(=O)NC(=O)c3cccnc3)cc2[N+](=O)[O-])N1. The van der Waals surface area contributed by atoms with Gasteiger partial charge in [0.1, 0.15) is 5.69 Å². The molecule has 1 saturated heterocycles. The largest absolute Gasteiger partial charge is 0.377 e. The molecule has 1 aliphatic rings. The number of anilines is 1. The van der Waals surface area contributed by atoms with Crippen molar-refractivity contribution in [3.05, 3.63) is 58.4 Å². The Morgan fingerprint density at radius 1 is 1.34 bits per heavy atom. The van der Waals surface area contributed by atoms with Gasteiger partial charge >= 0.3 is 0 Å². The Labute approximate surface area is 165 Å². The highest BCUT2D eigenvalue weighted by atomic mass is 32.2. The van der Waals surface area contributed by atoms with Crippen LogP contribution in [0.1, 0.15) is 23.2 Å². The Bertz CT molecular complexity index is 1060. The summed E-state index contributed by atoms with van der Waals surface area (Å²) in [5.41, 5.74) is -0.331. The van der Waals surface area contributed by atoms with Crippen molar-refractivity contribution in [2.75, 3.05) is 11.9 Å². The van der Waals surface area contributed by atoms with E-state index in [4.69, 9.17) is 0 Å². The van der Waals surface area contributed by atoms with Gasteiger partial charge in [-0.15, -0.1) is 0 Å². The molecule has 1 aromatic heterocycles. The van der Waals surface area contributed by atoms with Gasteiger partial charge in [-0.25, -0.2) is 13.1 Å². The molecule has 1 aromatic carbocycles. The number of sulfonamides is 1. The third-order valence-corrected chi connectivity index (χ3v) is 5.58. The van der Waals surface area contributed by atoms with E-state index in [-0.39, 0.29) is 29.7 Å². The average molecular weight is 419 g/mol. The van der Waals surface area contributed by atoms with Crippen LogP contribution in [0.4, 0.5) is 11.4 Å². The first-order chi connectivity index (χ1) is 13.8. The van der Waals surface area contributed by atoms with Crippen LogP contribution in [0.2, 0.25) is 0 Å². The van der Waals surface area contributed by atoms with E-state index in [1.807, 2.05) is 4.72 Å². The Hall–Kier alpha value is -3.54. The lowest BCUT2D eigenvalue weighted by molar-refractivity contribution is -0.384. The minimum absolute atomic E-state index is 0.0301. The van der Waals surface area contributed by atoms with Crippen LogP contribution in [0.15, 0.2) is 47.6 Å². The number of amides is 2. The highest BCUT2D eigenvalue weighted by molar-refractivity contribution is 7.90. The summed E-state index contributed by atoms with van der Waals surface area (Å²) < 4.78 is 26.8. The maximum absolute atomic E-state index is 12.5. The van der Waals surface area contributed by atoms with Gasteiger partial charge in [-0.3, -0.25) is 24.7 Å². The summed E-state index contributed by atoms with van der Waals surface area (Å²) in [7, 11) is -4.33. The Morgan fingerprint density at radius 2 is 2.14 bits per heavy atom.